The van der Waals surface area contributed by atoms with E-state index in [2.05, 4.69) is 0 Å². The summed E-state index contributed by atoms with van der Waals surface area (Å²) in [4.78, 5) is 46.6. The minimum atomic E-state index is -0.672. The highest BCUT2D eigenvalue weighted by Gasteiger charge is 2.15. The van der Waals surface area contributed by atoms with Crippen molar-refractivity contribution in [1.29, 1.82) is 0 Å². The van der Waals surface area contributed by atoms with Crippen molar-refractivity contribution in [3.63, 3.8) is 0 Å². The quantitative estimate of drug-likeness (QED) is 0.155. The molecule has 2 heterocycles. The predicted octanol–water partition coefficient (Wildman–Crippen LogP) is 4.35. The molecular formula is C23H19ClN2O8. The van der Waals surface area contributed by atoms with Gasteiger partial charge < -0.3 is 13.6 Å². The lowest BCUT2D eigenvalue weighted by Crippen LogP contribution is -2.15. The third kappa shape index (κ3) is 4.72. The number of rotatable bonds is 8. The van der Waals surface area contributed by atoms with Crippen LogP contribution >= 0.6 is 11.6 Å². The van der Waals surface area contributed by atoms with Crippen molar-refractivity contribution in [1.82, 2.24) is 4.57 Å². The van der Waals surface area contributed by atoms with Gasteiger partial charge in [0.2, 0.25) is 0 Å². The number of fused-ring (bicyclic) bond motifs is 2. The van der Waals surface area contributed by atoms with Crippen LogP contribution in [0.4, 0.5) is 5.69 Å². The van der Waals surface area contributed by atoms with Crippen LogP contribution in [-0.2, 0) is 29.1 Å². The normalized spacial score (nSPS) is 11.2. The smallest absolute Gasteiger partial charge is 0.419 e. The van der Waals surface area contributed by atoms with Crippen molar-refractivity contribution in [3.05, 3.63) is 83.6 Å². The second kappa shape index (κ2) is 9.52. The average Bonchev–Trinajstić information content (AvgIpc) is 3.11. The molecule has 0 saturated heterocycles. The highest BCUT2D eigenvalue weighted by Crippen LogP contribution is 2.26. The Labute approximate surface area is 196 Å². The summed E-state index contributed by atoms with van der Waals surface area (Å²) in [5.41, 5.74) is 1.43. The van der Waals surface area contributed by atoms with E-state index in [1.54, 1.807) is 12.1 Å². The van der Waals surface area contributed by atoms with Crippen LogP contribution in [0.15, 0.2) is 54.8 Å². The first-order chi connectivity index (χ1) is 16.3. The Morgan fingerprint density at radius 2 is 1.91 bits per heavy atom. The van der Waals surface area contributed by atoms with E-state index in [0.29, 0.717) is 33.5 Å². The van der Waals surface area contributed by atoms with E-state index in [4.69, 9.17) is 25.2 Å². The molecule has 0 unspecified atom stereocenters. The number of halogens is 1. The monoisotopic (exact) mass is 486 g/mol. The van der Waals surface area contributed by atoms with Gasteiger partial charge in [0, 0.05) is 41.1 Å². The average molecular weight is 487 g/mol. The fourth-order valence-electron chi connectivity index (χ4n) is 3.67. The van der Waals surface area contributed by atoms with Crippen molar-refractivity contribution in [2.75, 3.05) is 0 Å². The molecule has 0 bridgehead atoms. The van der Waals surface area contributed by atoms with Gasteiger partial charge in [0.05, 0.1) is 16.5 Å². The zero-order valence-electron chi connectivity index (χ0n) is 18.0. The molecule has 0 aliphatic rings. The number of nitro groups is 1. The lowest BCUT2D eigenvalue weighted by atomic mass is 10.1. The molecule has 10 nitrogen and oxygen atoms in total. The number of benzene rings is 2. The fraction of sp³-hybridized carbons (Fsp3) is 0.261. The van der Waals surface area contributed by atoms with E-state index >= 15 is 0 Å². The Hall–Kier alpha value is -3.92. The van der Waals surface area contributed by atoms with Gasteiger partial charge in [-0.05, 0) is 36.6 Å². The maximum Gasteiger partial charge on any atom is 0.419 e. The molecule has 0 spiro atoms. The molecular weight excluding hydrogens is 468 g/mol. The molecule has 0 aliphatic carbocycles. The van der Waals surface area contributed by atoms with Crippen molar-refractivity contribution < 1.29 is 23.3 Å². The van der Waals surface area contributed by atoms with Gasteiger partial charge in [-0.15, -0.1) is 0 Å². The molecule has 2 aromatic heterocycles. The van der Waals surface area contributed by atoms with E-state index < -0.39 is 22.3 Å². The molecule has 0 N–H and O–H groups in total. The van der Waals surface area contributed by atoms with Crippen molar-refractivity contribution in [3.8, 4) is 0 Å². The summed E-state index contributed by atoms with van der Waals surface area (Å²) in [6, 6.07) is 8.52. The molecule has 11 heteroatoms. The van der Waals surface area contributed by atoms with Gasteiger partial charge in [-0.2, -0.15) is 0 Å². The Kier molecular flexibility index (Phi) is 6.51. The molecule has 0 amide bonds. The molecule has 4 aromatic rings. The van der Waals surface area contributed by atoms with Crippen molar-refractivity contribution in [2.45, 2.75) is 39.3 Å². The summed E-state index contributed by atoms with van der Waals surface area (Å²) < 4.78 is 16.9. The molecule has 176 valence electrons. The van der Waals surface area contributed by atoms with Gasteiger partial charge in [-0.3, -0.25) is 19.5 Å². The number of carbonyl (C=O) groups excluding carboxylic acids is 1. The number of aromatic nitrogens is 1. The maximum absolute atomic E-state index is 12.3. The van der Waals surface area contributed by atoms with Crippen LogP contribution in [0.1, 0.15) is 30.9 Å². The lowest BCUT2D eigenvalue weighted by Gasteiger charge is -2.09. The summed E-state index contributed by atoms with van der Waals surface area (Å²) in [6.07, 6.45) is 0.948. The van der Waals surface area contributed by atoms with Crippen LogP contribution in [0.2, 0.25) is 5.02 Å². The number of ether oxygens (including phenoxy) is 1. The topological polar surface area (TPSA) is 135 Å². The first-order valence-corrected chi connectivity index (χ1v) is 10.8. The van der Waals surface area contributed by atoms with Gasteiger partial charge in [0.25, 0.3) is 5.69 Å². The predicted molar refractivity (Wildman–Crippen MR) is 123 cm³/mol. The minimum absolute atomic E-state index is 0.00616. The minimum Gasteiger partial charge on any atom is -0.461 e. The van der Waals surface area contributed by atoms with Crippen LogP contribution in [0, 0.1) is 10.1 Å². The van der Waals surface area contributed by atoms with Crippen molar-refractivity contribution >= 4 is 45.3 Å². The molecule has 0 atom stereocenters. The number of hydrogen-bond acceptors (Lipinski definition) is 8. The summed E-state index contributed by atoms with van der Waals surface area (Å²) in [6.45, 7) is 1.95. The first-order valence-electron chi connectivity index (χ1n) is 10.5. The Morgan fingerprint density at radius 1 is 1.12 bits per heavy atom. The second-order valence-corrected chi connectivity index (χ2v) is 7.98. The number of nitro benzene ring substituents is 1. The number of non-ortho nitro benzene ring substituents is 1. The van der Waals surface area contributed by atoms with E-state index in [9.17, 15) is 24.5 Å². The zero-order valence-corrected chi connectivity index (χ0v) is 18.8. The van der Waals surface area contributed by atoms with Gasteiger partial charge in [0.1, 0.15) is 12.2 Å². The summed E-state index contributed by atoms with van der Waals surface area (Å²) in [5, 5.41) is 12.0. The summed E-state index contributed by atoms with van der Waals surface area (Å²) in [5.74, 6) is -1.19. The van der Waals surface area contributed by atoms with Crippen LogP contribution in [-0.4, -0.2) is 15.5 Å². The number of esters is 1. The van der Waals surface area contributed by atoms with E-state index in [1.165, 1.54) is 28.8 Å². The van der Waals surface area contributed by atoms with Crippen LogP contribution in [0.3, 0.4) is 0 Å². The zero-order chi connectivity index (χ0) is 24.4. The van der Waals surface area contributed by atoms with E-state index in [0.717, 1.165) is 5.56 Å². The third-order valence-electron chi connectivity index (χ3n) is 5.39. The Balaban J connectivity index is 1.41. The molecule has 2 aromatic carbocycles. The molecule has 34 heavy (non-hydrogen) atoms. The molecule has 0 radical (unpaired) electrons. The Morgan fingerprint density at radius 3 is 2.65 bits per heavy atom. The van der Waals surface area contributed by atoms with E-state index in [-0.39, 0.29) is 37.3 Å². The molecule has 0 aliphatic heterocycles. The second-order valence-electron chi connectivity index (χ2n) is 7.58. The SMILES string of the molecule is CCc1cc2oc(=O)cc(COC(=O)CCCn3c(=O)oc4cc([N+](=O)[O-])ccc43)c2cc1Cl. The van der Waals surface area contributed by atoms with Gasteiger partial charge >= 0.3 is 17.4 Å². The van der Waals surface area contributed by atoms with Crippen LogP contribution < -0.4 is 11.4 Å². The maximum atomic E-state index is 12.3. The van der Waals surface area contributed by atoms with Crippen molar-refractivity contribution in [2.24, 2.45) is 0 Å². The molecule has 4 rings (SSSR count). The largest absolute Gasteiger partial charge is 0.461 e. The highest BCUT2D eigenvalue weighted by molar-refractivity contribution is 6.32. The van der Waals surface area contributed by atoms with Gasteiger partial charge in [-0.25, -0.2) is 9.59 Å². The number of hydrogen-bond donors (Lipinski definition) is 0. The van der Waals surface area contributed by atoms with E-state index in [1.807, 2.05) is 6.92 Å². The first kappa shape index (κ1) is 23.2. The van der Waals surface area contributed by atoms with Gasteiger partial charge in [0.15, 0.2) is 5.58 Å². The van der Waals surface area contributed by atoms with Crippen LogP contribution in [0.25, 0.3) is 22.1 Å². The summed E-state index contributed by atoms with van der Waals surface area (Å²) >= 11 is 6.28. The fourth-order valence-corrected chi connectivity index (χ4v) is 3.97. The van der Waals surface area contributed by atoms with Gasteiger partial charge in [-0.1, -0.05) is 18.5 Å². The number of aryl methyl sites for hydroxylation is 2. The lowest BCUT2D eigenvalue weighted by molar-refractivity contribution is -0.384. The third-order valence-corrected chi connectivity index (χ3v) is 5.74. The molecule has 0 saturated carbocycles. The number of nitrogens with zero attached hydrogens (tertiary/aromatic N) is 2. The highest BCUT2D eigenvalue weighted by atomic mass is 35.5. The number of carbonyl (C=O) groups is 1. The number of oxazole rings is 1. The standard InChI is InChI=1S/C23H19ClN2O8/c1-2-13-8-19-16(11-17(13)24)14(9-22(28)33-19)12-32-21(27)4-3-7-25-18-6-5-15(26(30)31)10-20(18)34-23(25)29/h5-6,8-11H,2-4,7,12H2,1H3. The Bertz CT molecular complexity index is 1530. The molecule has 0 fully saturated rings. The summed E-state index contributed by atoms with van der Waals surface area (Å²) in [7, 11) is 0. The van der Waals surface area contributed by atoms with Crippen LogP contribution in [0.5, 0.6) is 0 Å².